The van der Waals surface area contributed by atoms with Crippen molar-refractivity contribution in [2.24, 2.45) is 5.92 Å². The molecule has 0 unspecified atom stereocenters. The lowest BCUT2D eigenvalue weighted by molar-refractivity contribution is -0.328. The molecule has 0 radical (unpaired) electrons. The third kappa shape index (κ3) is 9.30. The fourth-order valence-electron chi connectivity index (χ4n) is 7.02. The van der Waals surface area contributed by atoms with E-state index in [1.54, 1.807) is 128 Å². The van der Waals surface area contributed by atoms with Gasteiger partial charge in [-0.25, -0.2) is 19.2 Å². The van der Waals surface area contributed by atoms with Gasteiger partial charge < -0.3 is 33.2 Å². The second kappa shape index (κ2) is 18.3. The van der Waals surface area contributed by atoms with E-state index in [4.69, 9.17) is 33.2 Å². The van der Waals surface area contributed by atoms with Crippen molar-refractivity contribution in [2.45, 2.75) is 95.7 Å². The maximum atomic E-state index is 13.8. The predicted octanol–water partition coefficient (Wildman–Crippen LogP) is 7.24. The first-order valence-electron chi connectivity index (χ1n) is 18.7. The van der Waals surface area contributed by atoms with E-state index in [0.29, 0.717) is 24.0 Å². The first-order chi connectivity index (χ1) is 26.7. The fourth-order valence-corrected chi connectivity index (χ4v) is 7.02. The zero-order chi connectivity index (χ0) is 38.9. The lowest BCUT2D eigenvalue weighted by Gasteiger charge is -2.49. The van der Waals surface area contributed by atoms with Crippen LogP contribution in [0.2, 0.25) is 0 Å². The third-order valence-electron chi connectivity index (χ3n) is 9.98. The van der Waals surface area contributed by atoms with Crippen molar-refractivity contribution < 1.29 is 52.3 Å². The molecular weight excluding hydrogens is 704 g/mol. The average molecular weight is 751 g/mol. The van der Waals surface area contributed by atoms with Gasteiger partial charge in [0, 0.05) is 5.92 Å². The highest BCUT2D eigenvalue weighted by Crippen LogP contribution is 2.38. The number of hydrogen-bond donors (Lipinski definition) is 0. The number of esters is 4. The molecule has 55 heavy (non-hydrogen) atoms. The molecule has 288 valence electrons. The van der Waals surface area contributed by atoms with E-state index < -0.39 is 84.9 Å². The van der Waals surface area contributed by atoms with Gasteiger partial charge in [-0.05, 0) is 68.3 Å². The summed E-state index contributed by atoms with van der Waals surface area (Å²) in [4.78, 5) is 54.6. The van der Waals surface area contributed by atoms with E-state index in [-0.39, 0.29) is 11.1 Å². The highest BCUT2D eigenvalue weighted by Gasteiger charge is 2.54. The number of ether oxygens (including phenoxy) is 7. The van der Waals surface area contributed by atoms with Crippen molar-refractivity contribution in [3.05, 3.63) is 144 Å². The topological polar surface area (TPSA) is 133 Å². The Kier molecular flexibility index (Phi) is 13.1. The highest BCUT2D eigenvalue weighted by molar-refractivity contribution is 5.91. The minimum atomic E-state index is -1.35. The van der Waals surface area contributed by atoms with Gasteiger partial charge in [0.1, 0.15) is 12.2 Å². The SMILES string of the molecule is CC[C@H]1O[C@@H](O[C@H]2[C@H](OC(=O)c3ccccc3)[C@@H](OC(=O)c3ccccc3)[C@@H](C)O[C@@H]2CC)[C@H](OC(=O)c2ccccc2)[C@@H](OC(=O)c2ccccc2)[C@@H]1C. The molecule has 4 aromatic rings. The first kappa shape index (κ1) is 39.3. The number of carbonyl (C=O) groups excluding carboxylic acids is 4. The van der Waals surface area contributed by atoms with Crippen LogP contribution in [0.1, 0.15) is 82.0 Å². The molecule has 0 amide bonds. The molecule has 0 aliphatic carbocycles. The molecule has 2 fully saturated rings. The van der Waals surface area contributed by atoms with Crippen molar-refractivity contribution >= 4 is 23.9 Å². The van der Waals surface area contributed by atoms with Gasteiger partial charge >= 0.3 is 23.9 Å². The van der Waals surface area contributed by atoms with Crippen LogP contribution in [0.3, 0.4) is 0 Å². The Bertz CT molecular complexity index is 1870. The van der Waals surface area contributed by atoms with Crippen molar-refractivity contribution in [3.8, 4) is 0 Å². The summed E-state index contributed by atoms with van der Waals surface area (Å²) in [6.45, 7) is 7.41. The van der Waals surface area contributed by atoms with Crippen LogP contribution in [0, 0.1) is 5.92 Å². The van der Waals surface area contributed by atoms with Crippen LogP contribution in [0.5, 0.6) is 0 Å². The molecule has 0 bridgehead atoms. The molecule has 0 N–H and O–H groups in total. The van der Waals surface area contributed by atoms with Crippen LogP contribution in [0.15, 0.2) is 121 Å². The van der Waals surface area contributed by atoms with Crippen molar-refractivity contribution in [1.29, 1.82) is 0 Å². The van der Waals surface area contributed by atoms with Gasteiger partial charge in [0.05, 0.1) is 40.6 Å². The Balaban J connectivity index is 1.39. The van der Waals surface area contributed by atoms with E-state index in [9.17, 15) is 19.2 Å². The first-order valence-corrected chi connectivity index (χ1v) is 18.7. The number of hydrogen-bond acceptors (Lipinski definition) is 11. The second-order valence-electron chi connectivity index (χ2n) is 13.6. The summed E-state index contributed by atoms with van der Waals surface area (Å²) in [7, 11) is 0. The summed E-state index contributed by atoms with van der Waals surface area (Å²) >= 11 is 0. The van der Waals surface area contributed by atoms with Crippen LogP contribution in [-0.4, -0.2) is 79.0 Å². The van der Waals surface area contributed by atoms with Gasteiger partial charge in [0.15, 0.2) is 24.6 Å². The predicted molar refractivity (Wildman–Crippen MR) is 200 cm³/mol. The number of carbonyl (C=O) groups is 4. The minimum absolute atomic E-state index is 0.267. The molecule has 6 rings (SSSR count). The van der Waals surface area contributed by atoms with Crippen molar-refractivity contribution in [2.75, 3.05) is 0 Å². The largest absolute Gasteiger partial charge is 0.454 e. The Morgan fingerprint density at radius 1 is 0.455 bits per heavy atom. The van der Waals surface area contributed by atoms with Crippen LogP contribution in [-0.2, 0) is 33.2 Å². The molecule has 2 aliphatic rings. The van der Waals surface area contributed by atoms with Gasteiger partial charge in [0.2, 0.25) is 0 Å². The van der Waals surface area contributed by atoms with Crippen LogP contribution in [0.25, 0.3) is 0 Å². The molecule has 0 spiro atoms. The van der Waals surface area contributed by atoms with Crippen molar-refractivity contribution in [3.63, 3.8) is 0 Å². The van der Waals surface area contributed by atoms with Crippen molar-refractivity contribution in [1.82, 2.24) is 0 Å². The van der Waals surface area contributed by atoms with E-state index >= 15 is 0 Å². The molecule has 4 aromatic carbocycles. The van der Waals surface area contributed by atoms with E-state index in [0.717, 1.165) is 0 Å². The maximum absolute atomic E-state index is 13.8. The smallest absolute Gasteiger partial charge is 0.338 e. The Labute approximate surface area is 320 Å². The molecule has 0 saturated carbocycles. The third-order valence-corrected chi connectivity index (χ3v) is 9.98. The minimum Gasteiger partial charge on any atom is -0.454 e. The quantitative estimate of drug-likeness (QED) is 0.107. The highest BCUT2D eigenvalue weighted by atomic mass is 16.7. The molecule has 2 aliphatic heterocycles. The van der Waals surface area contributed by atoms with Gasteiger partial charge in [-0.1, -0.05) is 93.6 Å². The van der Waals surface area contributed by atoms with E-state index in [2.05, 4.69) is 0 Å². The monoisotopic (exact) mass is 750 g/mol. The molecule has 2 saturated heterocycles. The van der Waals surface area contributed by atoms with Gasteiger partial charge in [-0.2, -0.15) is 0 Å². The molecule has 11 nitrogen and oxygen atoms in total. The molecule has 0 aromatic heterocycles. The number of benzene rings is 4. The lowest BCUT2D eigenvalue weighted by Crippen LogP contribution is -2.64. The van der Waals surface area contributed by atoms with Crippen LogP contribution >= 0.6 is 0 Å². The molecular formula is C44H46O11. The standard InChI is InChI=1S/C44H46O11/c1-5-33-27(3)35(51-40(45)29-19-11-7-12-20-29)39(54-43(48)32-25-17-10-18-26-32)44(50-33)55-37-34(6-2)49-28(4)36(52-41(46)30-21-13-8-14-22-30)38(37)53-42(47)31-23-15-9-16-24-31/h7-28,33-39,44H,5-6H2,1-4H3/t27-,28-,33-,34-,35+,36+,37-,38-,39-,44+/m1/s1. The fraction of sp³-hybridized carbons (Fsp3) is 0.364. The van der Waals surface area contributed by atoms with Crippen LogP contribution < -0.4 is 0 Å². The zero-order valence-corrected chi connectivity index (χ0v) is 31.2. The summed E-state index contributed by atoms with van der Waals surface area (Å²) in [5.41, 5.74) is 1.15. The maximum Gasteiger partial charge on any atom is 0.338 e. The van der Waals surface area contributed by atoms with Crippen LogP contribution in [0.4, 0.5) is 0 Å². The van der Waals surface area contributed by atoms with Gasteiger partial charge in [0.25, 0.3) is 0 Å². The van der Waals surface area contributed by atoms with E-state index in [1.165, 1.54) is 0 Å². The zero-order valence-electron chi connectivity index (χ0n) is 31.2. The second-order valence-corrected chi connectivity index (χ2v) is 13.6. The van der Waals surface area contributed by atoms with Gasteiger partial charge in [-0.15, -0.1) is 0 Å². The van der Waals surface area contributed by atoms with E-state index in [1.807, 2.05) is 20.8 Å². The van der Waals surface area contributed by atoms with Gasteiger partial charge in [-0.3, -0.25) is 0 Å². The Hall–Kier alpha value is -5.36. The Morgan fingerprint density at radius 3 is 1.22 bits per heavy atom. The summed E-state index contributed by atoms with van der Waals surface area (Å²) in [5.74, 6) is -3.06. The lowest BCUT2D eigenvalue weighted by atomic mass is 9.88. The summed E-state index contributed by atoms with van der Waals surface area (Å²) in [5, 5.41) is 0. The summed E-state index contributed by atoms with van der Waals surface area (Å²) in [6, 6.07) is 33.8. The normalized spacial score (nSPS) is 27.6. The Morgan fingerprint density at radius 2 is 0.818 bits per heavy atom. The molecule has 2 heterocycles. The summed E-state index contributed by atoms with van der Waals surface area (Å²) < 4.78 is 44.4. The summed E-state index contributed by atoms with van der Waals surface area (Å²) in [6.07, 6.45) is -8.15. The molecule has 10 atom stereocenters. The average Bonchev–Trinajstić information content (AvgIpc) is 3.23. The number of rotatable bonds is 12. The molecule has 11 heteroatoms.